The fraction of sp³-hybridized carbons (Fsp3) is 0.923. The van der Waals surface area contributed by atoms with Gasteiger partial charge in [-0.3, -0.25) is 4.79 Å². The van der Waals surface area contributed by atoms with Crippen molar-refractivity contribution in [1.29, 1.82) is 0 Å². The van der Waals surface area contributed by atoms with Gasteiger partial charge in [0.25, 0.3) is 0 Å². The fourth-order valence-corrected chi connectivity index (χ4v) is 3.40. The molecule has 1 atom stereocenters. The first-order valence-corrected chi connectivity index (χ1v) is 6.40. The number of hydrogen-bond acceptors (Lipinski definition) is 1. The van der Waals surface area contributed by atoms with Gasteiger partial charge in [0.1, 0.15) is 0 Å². The predicted molar refractivity (Wildman–Crippen MR) is 61.6 cm³/mol. The summed E-state index contributed by atoms with van der Waals surface area (Å²) in [5, 5.41) is 0. The maximum Gasteiger partial charge on any atom is 0.219 e. The molecule has 0 N–H and O–H groups in total. The second-order valence-electron chi connectivity index (χ2n) is 5.60. The van der Waals surface area contributed by atoms with E-state index in [-0.39, 0.29) is 5.91 Å². The number of rotatable bonds is 0. The Hall–Kier alpha value is -0.530. The summed E-state index contributed by atoms with van der Waals surface area (Å²) in [5.41, 5.74) is 0.496. The van der Waals surface area contributed by atoms with E-state index in [0.29, 0.717) is 11.5 Å². The molecule has 0 radical (unpaired) electrons. The Morgan fingerprint density at radius 1 is 1.20 bits per heavy atom. The van der Waals surface area contributed by atoms with Crippen LogP contribution in [-0.4, -0.2) is 23.4 Å². The molecule has 0 aromatic heterocycles. The molecule has 1 saturated carbocycles. The lowest BCUT2D eigenvalue weighted by molar-refractivity contribution is -0.136. The molecule has 1 aliphatic carbocycles. The third-order valence-corrected chi connectivity index (χ3v) is 4.45. The summed E-state index contributed by atoms with van der Waals surface area (Å²) in [6.07, 6.45) is 9.40. The molecule has 2 aliphatic rings. The normalized spacial score (nSPS) is 30.5. The van der Waals surface area contributed by atoms with E-state index in [1.54, 1.807) is 6.92 Å². The van der Waals surface area contributed by atoms with Crippen molar-refractivity contribution >= 4 is 5.91 Å². The Labute approximate surface area is 93.0 Å². The van der Waals surface area contributed by atoms with Gasteiger partial charge in [0.2, 0.25) is 5.91 Å². The minimum atomic E-state index is 0.271. The summed E-state index contributed by atoms with van der Waals surface area (Å²) >= 11 is 0. The zero-order chi connectivity index (χ0) is 10.9. The van der Waals surface area contributed by atoms with Crippen LogP contribution < -0.4 is 0 Å². The smallest absolute Gasteiger partial charge is 0.219 e. The van der Waals surface area contributed by atoms with Gasteiger partial charge in [-0.05, 0) is 38.0 Å². The lowest BCUT2D eigenvalue weighted by Crippen LogP contribution is -2.50. The van der Waals surface area contributed by atoms with Crippen LogP contribution in [0.4, 0.5) is 0 Å². The van der Waals surface area contributed by atoms with E-state index < -0.39 is 0 Å². The first-order valence-electron chi connectivity index (χ1n) is 6.40. The largest absolute Gasteiger partial charge is 0.340 e. The number of nitrogens with zero attached hydrogens (tertiary/aromatic N) is 1. The van der Waals surface area contributed by atoms with Crippen molar-refractivity contribution in [2.75, 3.05) is 6.54 Å². The summed E-state index contributed by atoms with van der Waals surface area (Å²) in [5.74, 6) is 0.271. The average molecular weight is 209 g/mol. The minimum Gasteiger partial charge on any atom is -0.340 e. The van der Waals surface area contributed by atoms with Gasteiger partial charge in [0.15, 0.2) is 0 Å². The van der Waals surface area contributed by atoms with E-state index in [1.165, 1.54) is 44.9 Å². The Morgan fingerprint density at radius 3 is 2.47 bits per heavy atom. The van der Waals surface area contributed by atoms with Gasteiger partial charge in [-0.1, -0.05) is 19.3 Å². The van der Waals surface area contributed by atoms with E-state index in [2.05, 4.69) is 11.8 Å². The van der Waals surface area contributed by atoms with Gasteiger partial charge in [0.05, 0.1) is 0 Å². The Balaban J connectivity index is 2.06. The molecule has 0 aromatic rings. The van der Waals surface area contributed by atoms with Crippen LogP contribution in [0.5, 0.6) is 0 Å². The topological polar surface area (TPSA) is 20.3 Å². The molecule has 1 spiro atoms. The lowest BCUT2D eigenvalue weighted by Gasteiger charge is -2.48. The van der Waals surface area contributed by atoms with Crippen LogP contribution in [0, 0.1) is 5.41 Å². The van der Waals surface area contributed by atoms with Crippen LogP contribution in [0.2, 0.25) is 0 Å². The zero-order valence-corrected chi connectivity index (χ0v) is 10.1. The predicted octanol–water partition coefficient (Wildman–Crippen LogP) is 2.97. The first kappa shape index (κ1) is 11.0. The van der Waals surface area contributed by atoms with Crippen molar-refractivity contribution in [1.82, 2.24) is 4.90 Å². The van der Waals surface area contributed by atoms with Crippen LogP contribution in [0.1, 0.15) is 58.8 Å². The molecule has 2 nitrogen and oxygen atoms in total. The quantitative estimate of drug-likeness (QED) is 0.600. The van der Waals surface area contributed by atoms with E-state index in [4.69, 9.17) is 0 Å². The number of carbonyl (C=O) groups is 1. The molecule has 1 saturated heterocycles. The van der Waals surface area contributed by atoms with Crippen LogP contribution in [-0.2, 0) is 4.79 Å². The highest BCUT2D eigenvalue weighted by Gasteiger charge is 2.39. The first-order chi connectivity index (χ1) is 7.13. The zero-order valence-electron chi connectivity index (χ0n) is 10.1. The number of carbonyl (C=O) groups excluding carboxylic acids is 1. The van der Waals surface area contributed by atoms with Crippen LogP contribution in [0.25, 0.3) is 0 Å². The molecule has 2 fully saturated rings. The summed E-state index contributed by atoms with van der Waals surface area (Å²) in [6, 6.07) is 0.468. The molecule has 1 heterocycles. The van der Waals surface area contributed by atoms with Gasteiger partial charge >= 0.3 is 0 Å². The number of hydrogen-bond donors (Lipinski definition) is 0. The second-order valence-corrected chi connectivity index (χ2v) is 5.60. The highest BCUT2D eigenvalue weighted by Crippen LogP contribution is 2.44. The highest BCUT2D eigenvalue weighted by atomic mass is 16.2. The van der Waals surface area contributed by atoms with Crippen LogP contribution in [0.15, 0.2) is 0 Å². The van der Waals surface area contributed by atoms with Gasteiger partial charge in [0, 0.05) is 19.5 Å². The maximum absolute atomic E-state index is 11.6. The molecule has 86 valence electrons. The molecular weight excluding hydrogens is 186 g/mol. The molecule has 2 rings (SSSR count). The Kier molecular flexibility index (Phi) is 3.03. The van der Waals surface area contributed by atoms with Gasteiger partial charge in [-0.25, -0.2) is 0 Å². The summed E-state index contributed by atoms with van der Waals surface area (Å²) in [6.45, 7) is 4.94. The van der Waals surface area contributed by atoms with E-state index in [1.807, 2.05) is 0 Å². The minimum absolute atomic E-state index is 0.271. The van der Waals surface area contributed by atoms with E-state index >= 15 is 0 Å². The van der Waals surface area contributed by atoms with Crippen LogP contribution >= 0.6 is 0 Å². The molecule has 15 heavy (non-hydrogen) atoms. The summed E-state index contributed by atoms with van der Waals surface area (Å²) < 4.78 is 0. The van der Waals surface area contributed by atoms with E-state index in [0.717, 1.165) is 6.54 Å². The summed E-state index contributed by atoms with van der Waals surface area (Å²) in [4.78, 5) is 13.7. The number of piperidine rings is 1. The molecule has 0 aromatic carbocycles. The third-order valence-electron chi connectivity index (χ3n) is 4.45. The van der Waals surface area contributed by atoms with E-state index in [9.17, 15) is 4.79 Å². The monoisotopic (exact) mass is 209 g/mol. The molecular formula is C13H23NO. The standard InChI is InChI=1S/C13H23NO/c1-11-6-9-13(7-4-3-5-8-13)10-14(11)12(2)15/h11H,3-10H2,1-2H3. The van der Waals surface area contributed by atoms with Gasteiger partial charge in [-0.15, -0.1) is 0 Å². The highest BCUT2D eigenvalue weighted by molar-refractivity contribution is 5.73. The third kappa shape index (κ3) is 2.19. The SMILES string of the molecule is CC(=O)N1CC2(CCCCC2)CCC1C. The summed E-state index contributed by atoms with van der Waals surface area (Å²) in [7, 11) is 0. The maximum atomic E-state index is 11.6. The molecule has 1 unspecified atom stereocenters. The number of amides is 1. The van der Waals surface area contributed by atoms with Crippen molar-refractivity contribution in [3.05, 3.63) is 0 Å². The van der Waals surface area contributed by atoms with Crippen molar-refractivity contribution < 1.29 is 4.79 Å². The van der Waals surface area contributed by atoms with Gasteiger partial charge in [-0.2, -0.15) is 0 Å². The Morgan fingerprint density at radius 2 is 1.87 bits per heavy atom. The van der Waals surface area contributed by atoms with Crippen molar-refractivity contribution in [2.45, 2.75) is 64.8 Å². The fourth-order valence-electron chi connectivity index (χ4n) is 3.40. The van der Waals surface area contributed by atoms with Crippen LogP contribution in [0.3, 0.4) is 0 Å². The molecule has 1 amide bonds. The second kappa shape index (κ2) is 4.15. The molecule has 0 bridgehead atoms. The Bertz CT molecular complexity index is 243. The lowest BCUT2D eigenvalue weighted by atomic mass is 9.68. The van der Waals surface area contributed by atoms with Crippen molar-refractivity contribution in [3.8, 4) is 0 Å². The molecule has 2 heteroatoms. The average Bonchev–Trinajstić information content (AvgIpc) is 2.23. The molecule has 1 aliphatic heterocycles. The van der Waals surface area contributed by atoms with Crippen molar-refractivity contribution in [2.24, 2.45) is 5.41 Å². The number of likely N-dealkylation sites (tertiary alicyclic amines) is 1. The van der Waals surface area contributed by atoms with Crippen molar-refractivity contribution in [3.63, 3.8) is 0 Å². The van der Waals surface area contributed by atoms with Gasteiger partial charge < -0.3 is 4.90 Å².